The van der Waals surface area contributed by atoms with Gasteiger partial charge in [-0.25, -0.2) is 0 Å². The van der Waals surface area contributed by atoms with E-state index in [1.807, 2.05) is 31.4 Å². The maximum atomic E-state index is 11.7. The van der Waals surface area contributed by atoms with E-state index in [1.165, 1.54) is 5.56 Å². The third-order valence-corrected chi connectivity index (χ3v) is 3.90. The topological polar surface area (TPSA) is 33.2 Å². The molecular formula is C15H13BrN2O. The van der Waals surface area contributed by atoms with Crippen LogP contribution in [0, 0.1) is 0 Å². The van der Waals surface area contributed by atoms with E-state index < -0.39 is 0 Å². The summed E-state index contributed by atoms with van der Waals surface area (Å²) in [5.74, 6) is 0.185. The molecule has 1 aromatic carbocycles. The van der Waals surface area contributed by atoms with Crippen molar-refractivity contribution in [3.63, 3.8) is 0 Å². The average Bonchev–Trinajstić information content (AvgIpc) is 2.43. The number of halogens is 1. The summed E-state index contributed by atoms with van der Waals surface area (Å²) in [5.41, 5.74) is 4.45. The minimum atomic E-state index is 0.185. The Morgan fingerprint density at radius 2 is 2.00 bits per heavy atom. The second-order valence-electron chi connectivity index (χ2n) is 4.69. The van der Waals surface area contributed by atoms with Gasteiger partial charge in [0, 0.05) is 41.6 Å². The lowest BCUT2D eigenvalue weighted by molar-refractivity contribution is -0.118. The van der Waals surface area contributed by atoms with Crippen LogP contribution in [0.4, 0.5) is 5.69 Å². The molecule has 0 aliphatic carbocycles. The van der Waals surface area contributed by atoms with Crippen LogP contribution in [-0.2, 0) is 11.2 Å². The second-order valence-corrected chi connectivity index (χ2v) is 5.60. The number of rotatable bonds is 1. The predicted molar refractivity (Wildman–Crippen MR) is 79.1 cm³/mol. The van der Waals surface area contributed by atoms with Crippen LogP contribution in [0.25, 0.3) is 11.1 Å². The minimum absolute atomic E-state index is 0.185. The second kappa shape index (κ2) is 4.78. The van der Waals surface area contributed by atoms with Crippen molar-refractivity contribution in [1.82, 2.24) is 4.98 Å². The lowest BCUT2D eigenvalue weighted by atomic mass is 9.97. The molecular weight excluding hydrogens is 304 g/mol. The standard InChI is InChI=1S/C15H13BrN2O/c1-18-14-4-2-10(6-11(14)3-5-15(18)19)12-7-13(16)9-17-8-12/h2,4,6-9H,3,5H2,1H3. The Morgan fingerprint density at radius 1 is 1.16 bits per heavy atom. The Bertz CT molecular complexity index is 654. The quantitative estimate of drug-likeness (QED) is 0.807. The molecule has 0 radical (unpaired) electrons. The Balaban J connectivity index is 2.05. The summed E-state index contributed by atoms with van der Waals surface area (Å²) in [6, 6.07) is 8.26. The molecule has 0 bridgehead atoms. The van der Waals surface area contributed by atoms with Crippen molar-refractivity contribution in [2.75, 3.05) is 11.9 Å². The van der Waals surface area contributed by atoms with E-state index in [2.05, 4.69) is 27.0 Å². The van der Waals surface area contributed by atoms with Crippen molar-refractivity contribution in [3.8, 4) is 11.1 Å². The maximum absolute atomic E-state index is 11.7. The maximum Gasteiger partial charge on any atom is 0.227 e. The van der Waals surface area contributed by atoms with E-state index in [4.69, 9.17) is 0 Å². The van der Waals surface area contributed by atoms with Gasteiger partial charge in [0.05, 0.1) is 0 Å². The van der Waals surface area contributed by atoms with Crippen molar-refractivity contribution < 1.29 is 4.79 Å². The van der Waals surface area contributed by atoms with Crippen molar-refractivity contribution in [1.29, 1.82) is 0 Å². The van der Waals surface area contributed by atoms with Crippen LogP contribution in [0.1, 0.15) is 12.0 Å². The summed E-state index contributed by atoms with van der Waals surface area (Å²) >= 11 is 3.44. The zero-order valence-corrected chi connectivity index (χ0v) is 12.1. The summed E-state index contributed by atoms with van der Waals surface area (Å²) in [5, 5.41) is 0. The summed E-state index contributed by atoms with van der Waals surface area (Å²) in [7, 11) is 1.83. The molecule has 0 atom stereocenters. The molecule has 0 saturated carbocycles. The third-order valence-electron chi connectivity index (χ3n) is 3.46. The number of hydrogen-bond donors (Lipinski definition) is 0. The summed E-state index contributed by atoms with van der Waals surface area (Å²) in [6.45, 7) is 0. The van der Waals surface area contributed by atoms with E-state index in [0.717, 1.165) is 27.7 Å². The number of pyridine rings is 1. The summed E-state index contributed by atoms with van der Waals surface area (Å²) < 4.78 is 0.968. The van der Waals surface area contributed by atoms with Crippen LogP contribution < -0.4 is 4.90 Å². The molecule has 0 saturated heterocycles. The molecule has 0 N–H and O–H groups in total. The van der Waals surface area contributed by atoms with Crippen LogP contribution in [0.15, 0.2) is 41.1 Å². The van der Waals surface area contributed by atoms with Gasteiger partial charge < -0.3 is 4.90 Å². The molecule has 0 spiro atoms. The lowest BCUT2D eigenvalue weighted by Gasteiger charge is -2.26. The molecule has 1 amide bonds. The van der Waals surface area contributed by atoms with E-state index in [9.17, 15) is 4.79 Å². The van der Waals surface area contributed by atoms with Crippen molar-refractivity contribution in [2.45, 2.75) is 12.8 Å². The van der Waals surface area contributed by atoms with E-state index in [-0.39, 0.29) is 5.91 Å². The largest absolute Gasteiger partial charge is 0.315 e. The number of fused-ring (bicyclic) bond motifs is 1. The van der Waals surface area contributed by atoms with Crippen molar-refractivity contribution in [3.05, 3.63) is 46.7 Å². The van der Waals surface area contributed by atoms with Gasteiger partial charge in [0.2, 0.25) is 5.91 Å². The van der Waals surface area contributed by atoms with Gasteiger partial charge in [0.25, 0.3) is 0 Å². The molecule has 0 fully saturated rings. The van der Waals surface area contributed by atoms with Gasteiger partial charge in [0.1, 0.15) is 0 Å². The fourth-order valence-corrected chi connectivity index (χ4v) is 2.77. The van der Waals surface area contributed by atoms with Gasteiger partial charge in [-0.05, 0) is 51.7 Å². The first-order valence-electron chi connectivity index (χ1n) is 6.15. The van der Waals surface area contributed by atoms with E-state index in [1.54, 1.807) is 11.1 Å². The highest BCUT2D eigenvalue weighted by molar-refractivity contribution is 9.10. The monoisotopic (exact) mass is 316 g/mol. The molecule has 4 heteroatoms. The van der Waals surface area contributed by atoms with E-state index in [0.29, 0.717) is 6.42 Å². The number of anilines is 1. The molecule has 3 nitrogen and oxygen atoms in total. The Kier molecular flexibility index (Phi) is 3.11. The van der Waals surface area contributed by atoms with Gasteiger partial charge in [-0.15, -0.1) is 0 Å². The smallest absolute Gasteiger partial charge is 0.227 e. The molecule has 1 aliphatic rings. The number of aromatic nitrogens is 1. The highest BCUT2D eigenvalue weighted by Gasteiger charge is 2.20. The molecule has 1 aromatic heterocycles. The summed E-state index contributed by atoms with van der Waals surface area (Å²) in [6.07, 6.45) is 5.02. The average molecular weight is 317 g/mol. The number of nitrogens with zero attached hydrogens (tertiary/aromatic N) is 2. The third kappa shape index (κ3) is 2.28. The molecule has 0 unspecified atom stereocenters. The lowest BCUT2D eigenvalue weighted by Crippen LogP contribution is -2.30. The van der Waals surface area contributed by atoms with Crippen LogP contribution in [0.5, 0.6) is 0 Å². The van der Waals surface area contributed by atoms with Gasteiger partial charge in [-0.3, -0.25) is 9.78 Å². The first kappa shape index (κ1) is 12.4. The van der Waals surface area contributed by atoms with Crippen LogP contribution in [-0.4, -0.2) is 17.9 Å². The van der Waals surface area contributed by atoms with Gasteiger partial charge >= 0.3 is 0 Å². The Hall–Kier alpha value is -1.68. The first-order valence-corrected chi connectivity index (χ1v) is 6.95. The SMILES string of the molecule is CN1C(=O)CCc2cc(-c3cncc(Br)c3)ccc21. The fraction of sp³-hybridized carbons (Fsp3) is 0.200. The molecule has 96 valence electrons. The van der Waals surface area contributed by atoms with Crippen LogP contribution in [0.2, 0.25) is 0 Å². The van der Waals surface area contributed by atoms with Crippen LogP contribution in [0.3, 0.4) is 0 Å². The normalized spacial score (nSPS) is 14.4. The van der Waals surface area contributed by atoms with E-state index >= 15 is 0 Å². The molecule has 19 heavy (non-hydrogen) atoms. The highest BCUT2D eigenvalue weighted by atomic mass is 79.9. The predicted octanol–water partition coefficient (Wildman–Crippen LogP) is 3.42. The number of carbonyl (C=O) groups excluding carboxylic acids is 1. The number of aryl methyl sites for hydroxylation is 1. The summed E-state index contributed by atoms with van der Waals surface area (Å²) in [4.78, 5) is 17.6. The van der Waals surface area contributed by atoms with Crippen LogP contribution >= 0.6 is 15.9 Å². The molecule has 1 aliphatic heterocycles. The minimum Gasteiger partial charge on any atom is -0.315 e. The number of benzene rings is 1. The number of hydrogen-bond acceptors (Lipinski definition) is 2. The van der Waals surface area contributed by atoms with Crippen molar-refractivity contribution in [2.24, 2.45) is 0 Å². The molecule has 2 heterocycles. The zero-order chi connectivity index (χ0) is 13.4. The Labute approximate surface area is 120 Å². The molecule has 2 aromatic rings. The van der Waals surface area contributed by atoms with Crippen molar-refractivity contribution >= 4 is 27.5 Å². The first-order chi connectivity index (χ1) is 9.15. The molecule has 3 rings (SSSR count). The number of amides is 1. The van der Waals surface area contributed by atoms with Gasteiger partial charge in [-0.1, -0.05) is 6.07 Å². The number of carbonyl (C=O) groups is 1. The Morgan fingerprint density at radius 3 is 2.79 bits per heavy atom. The zero-order valence-electron chi connectivity index (χ0n) is 10.6. The fourth-order valence-electron chi connectivity index (χ4n) is 2.41. The van der Waals surface area contributed by atoms with Gasteiger partial charge in [0.15, 0.2) is 0 Å². The van der Waals surface area contributed by atoms with Gasteiger partial charge in [-0.2, -0.15) is 0 Å². The highest BCUT2D eigenvalue weighted by Crippen LogP contribution is 2.31.